The second-order valence-corrected chi connectivity index (χ2v) is 6.91. The number of hydrogen-bond acceptors (Lipinski definition) is 2. The third-order valence-electron chi connectivity index (χ3n) is 5.06. The van der Waals surface area contributed by atoms with Crippen LogP contribution in [0.2, 0.25) is 0 Å². The maximum atomic E-state index is 12.7. The first-order valence-corrected chi connectivity index (χ1v) is 9.59. The van der Waals surface area contributed by atoms with Gasteiger partial charge in [-0.05, 0) is 24.1 Å². The molecular formula is C23H28N2O2. The number of unbranched alkanes of at least 4 members (excludes halogenated alkanes) is 1. The number of ether oxygens (including phenoxy) is 1. The van der Waals surface area contributed by atoms with E-state index in [2.05, 4.69) is 41.2 Å². The topological polar surface area (TPSA) is 43.3 Å². The molecule has 2 aromatic carbocycles. The average Bonchev–Trinajstić information content (AvgIpc) is 3.03. The van der Waals surface area contributed by atoms with E-state index in [4.69, 9.17) is 4.74 Å². The lowest BCUT2D eigenvalue weighted by molar-refractivity contribution is -0.121. The number of carbonyl (C=O) groups is 1. The van der Waals surface area contributed by atoms with Crippen LogP contribution in [0.5, 0.6) is 5.75 Å². The van der Waals surface area contributed by atoms with Crippen LogP contribution in [-0.2, 0) is 11.8 Å². The van der Waals surface area contributed by atoms with Crippen molar-refractivity contribution in [3.63, 3.8) is 0 Å². The number of rotatable bonds is 8. The zero-order valence-electron chi connectivity index (χ0n) is 16.4. The molecule has 0 saturated heterocycles. The van der Waals surface area contributed by atoms with Crippen molar-refractivity contribution in [2.75, 3.05) is 13.7 Å². The van der Waals surface area contributed by atoms with E-state index in [1.165, 1.54) is 10.9 Å². The summed E-state index contributed by atoms with van der Waals surface area (Å²) < 4.78 is 7.74. The van der Waals surface area contributed by atoms with E-state index in [1.54, 1.807) is 7.11 Å². The molecule has 1 aromatic heterocycles. The van der Waals surface area contributed by atoms with Crippen LogP contribution in [0.1, 0.15) is 43.2 Å². The Balaban J connectivity index is 2.03. The molecule has 3 aromatic rings. The molecule has 1 amide bonds. The van der Waals surface area contributed by atoms with Crippen molar-refractivity contribution in [3.05, 3.63) is 65.9 Å². The maximum Gasteiger partial charge on any atom is 0.220 e. The van der Waals surface area contributed by atoms with Gasteiger partial charge < -0.3 is 14.6 Å². The lowest BCUT2D eigenvalue weighted by Crippen LogP contribution is -2.26. The molecule has 0 saturated carbocycles. The highest BCUT2D eigenvalue weighted by Crippen LogP contribution is 2.38. The van der Waals surface area contributed by atoms with Gasteiger partial charge in [-0.3, -0.25) is 4.79 Å². The van der Waals surface area contributed by atoms with Gasteiger partial charge in [-0.15, -0.1) is 0 Å². The largest absolute Gasteiger partial charge is 0.496 e. The highest BCUT2D eigenvalue weighted by atomic mass is 16.5. The highest BCUT2D eigenvalue weighted by molar-refractivity contribution is 5.86. The minimum absolute atomic E-state index is 0.0612. The maximum absolute atomic E-state index is 12.7. The number of para-hydroxylation sites is 2. The molecular weight excluding hydrogens is 336 g/mol. The van der Waals surface area contributed by atoms with Crippen molar-refractivity contribution >= 4 is 16.8 Å². The molecule has 0 aliphatic heterocycles. The Kier molecular flexibility index (Phi) is 6.17. The van der Waals surface area contributed by atoms with Gasteiger partial charge >= 0.3 is 0 Å². The van der Waals surface area contributed by atoms with E-state index in [0.29, 0.717) is 6.42 Å². The highest BCUT2D eigenvalue weighted by Gasteiger charge is 2.24. The number of nitrogens with one attached hydrogen (secondary N) is 1. The first-order chi connectivity index (χ1) is 13.2. The monoisotopic (exact) mass is 364 g/mol. The van der Waals surface area contributed by atoms with Crippen LogP contribution >= 0.6 is 0 Å². The first-order valence-electron chi connectivity index (χ1n) is 9.59. The molecule has 0 aliphatic carbocycles. The standard InChI is InChI=1S/C23H28N2O2/c1-4-5-14-24-23(26)15-19(18-11-7-9-13-22(18)27-3)20-16-25(2)21-12-8-6-10-17(20)21/h6-13,16,19H,4-5,14-15H2,1-3H3,(H,24,26)/t19-/m0/s1. The molecule has 0 bridgehead atoms. The summed E-state index contributed by atoms with van der Waals surface area (Å²) in [6.07, 6.45) is 4.61. The van der Waals surface area contributed by atoms with E-state index < -0.39 is 0 Å². The molecule has 0 fully saturated rings. The Morgan fingerprint density at radius 1 is 1.11 bits per heavy atom. The molecule has 1 atom stereocenters. The Morgan fingerprint density at radius 3 is 2.63 bits per heavy atom. The van der Waals surface area contributed by atoms with Gasteiger partial charge in [0.15, 0.2) is 0 Å². The summed E-state index contributed by atoms with van der Waals surface area (Å²) in [5.41, 5.74) is 3.36. The molecule has 0 radical (unpaired) electrons. The minimum Gasteiger partial charge on any atom is -0.496 e. The van der Waals surface area contributed by atoms with Crippen LogP contribution < -0.4 is 10.1 Å². The van der Waals surface area contributed by atoms with Crippen molar-refractivity contribution in [2.24, 2.45) is 7.05 Å². The number of methoxy groups -OCH3 is 1. The fraction of sp³-hybridized carbons (Fsp3) is 0.348. The van der Waals surface area contributed by atoms with Crippen molar-refractivity contribution < 1.29 is 9.53 Å². The zero-order valence-corrected chi connectivity index (χ0v) is 16.4. The third kappa shape index (κ3) is 4.16. The van der Waals surface area contributed by atoms with Crippen molar-refractivity contribution in [3.8, 4) is 5.75 Å². The Labute approximate surface area is 161 Å². The van der Waals surface area contributed by atoms with Gasteiger partial charge in [-0.1, -0.05) is 49.7 Å². The third-order valence-corrected chi connectivity index (χ3v) is 5.06. The van der Waals surface area contributed by atoms with Gasteiger partial charge in [0, 0.05) is 48.6 Å². The molecule has 0 spiro atoms. The Morgan fingerprint density at radius 2 is 1.85 bits per heavy atom. The van der Waals surface area contributed by atoms with E-state index in [-0.39, 0.29) is 11.8 Å². The van der Waals surface area contributed by atoms with Crippen molar-refractivity contribution in [1.29, 1.82) is 0 Å². The lowest BCUT2D eigenvalue weighted by atomic mass is 9.87. The smallest absolute Gasteiger partial charge is 0.220 e. The minimum atomic E-state index is -0.0612. The molecule has 4 nitrogen and oxygen atoms in total. The predicted octanol–water partition coefficient (Wildman–Crippen LogP) is 4.63. The summed E-state index contributed by atoms with van der Waals surface area (Å²) in [5.74, 6) is 0.831. The van der Waals surface area contributed by atoms with E-state index >= 15 is 0 Å². The predicted molar refractivity (Wildman–Crippen MR) is 110 cm³/mol. The Hall–Kier alpha value is -2.75. The summed E-state index contributed by atoms with van der Waals surface area (Å²) in [4.78, 5) is 12.7. The van der Waals surface area contributed by atoms with Gasteiger partial charge in [-0.2, -0.15) is 0 Å². The zero-order chi connectivity index (χ0) is 19.2. The summed E-state index contributed by atoms with van der Waals surface area (Å²) in [6.45, 7) is 2.85. The van der Waals surface area contributed by atoms with Crippen LogP contribution in [0.15, 0.2) is 54.7 Å². The van der Waals surface area contributed by atoms with Gasteiger partial charge in [0.25, 0.3) is 0 Å². The normalized spacial score (nSPS) is 12.1. The van der Waals surface area contributed by atoms with Gasteiger partial charge in [0.05, 0.1) is 7.11 Å². The number of fused-ring (bicyclic) bond motifs is 1. The molecule has 27 heavy (non-hydrogen) atoms. The summed E-state index contributed by atoms with van der Waals surface area (Å²) in [5, 5.41) is 4.24. The number of hydrogen-bond donors (Lipinski definition) is 1. The summed E-state index contributed by atoms with van der Waals surface area (Å²) in [7, 11) is 3.73. The van der Waals surface area contributed by atoms with Crippen molar-refractivity contribution in [1.82, 2.24) is 9.88 Å². The first kappa shape index (κ1) is 19.0. The quantitative estimate of drug-likeness (QED) is 0.593. The number of aromatic nitrogens is 1. The Bertz CT molecular complexity index is 914. The molecule has 0 unspecified atom stereocenters. The molecule has 142 valence electrons. The fourth-order valence-electron chi connectivity index (χ4n) is 3.65. The fourth-order valence-corrected chi connectivity index (χ4v) is 3.65. The van der Waals surface area contributed by atoms with Crippen LogP contribution in [0.25, 0.3) is 10.9 Å². The number of amides is 1. The number of benzene rings is 2. The second-order valence-electron chi connectivity index (χ2n) is 6.91. The van der Waals surface area contributed by atoms with Crippen LogP contribution in [0.3, 0.4) is 0 Å². The van der Waals surface area contributed by atoms with Crippen LogP contribution in [0.4, 0.5) is 0 Å². The average molecular weight is 364 g/mol. The summed E-state index contributed by atoms with van der Waals surface area (Å²) in [6, 6.07) is 16.3. The van der Waals surface area contributed by atoms with Crippen LogP contribution in [-0.4, -0.2) is 24.1 Å². The van der Waals surface area contributed by atoms with Crippen LogP contribution in [0, 0.1) is 0 Å². The molecule has 0 aliphatic rings. The van der Waals surface area contributed by atoms with Gasteiger partial charge in [0.2, 0.25) is 5.91 Å². The van der Waals surface area contributed by atoms with Gasteiger partial charge in [-0.25, -0.2) is 0 Å². The van der Waals surface area contributed by atoms with E-state index in [9.17, 15) is 4.79 Å². The second kappa shape index (κ2) is 8.76. The lowest BCUT2D eigenvalue weighted by Gasteiger charge is -2.20. The molecule has 4 heteroatoms. The van der Waals surface area contributed by atoms with Gasteiger partial charge in [0.1, 0.15) is 5.75 Å². The summed E-state index contributed by atoms with van der Waals surface area (Å²) >= 11 is 0. The van der Waals surface area contributed by atoms with Crippen molar-refractivity contribution in [2.45, 2.75) is 32.1 Å². The molecule has 3 rings (SSSR count). The number of aryl methyl sites for hydroxylation is 1. The van der Waals surface area contributed by atoms with E-state index in [0.717, 1.165) is 36.3 Å². The SMILES string of the molecule is CCCCNC(=O)C[C@@H](c1ccccc1OC)c1cn(C)c2ccccc12. The molecule has 1 heterocycles. The number of nitrogens with zero attached hydrogens (tertiary/aromatic N) is 1. The molecule has 1 N–H and O–H groups in total. The number of carbonyl (C=O) groups excluding carboxylic acids is 1. The van der Waals surface area contributed by atoms with E-state index in [1.807, 2.05) is 37.4 Å².